The van der Waals surface area contributed by atoms with E-state index in [1.54, 1.807) is 6.21 Å². The molecule has 0 unspecified atom stereocenters. The lowest BCUT2D eigenvalue weighted by atomic mass is 10.0. The van der Waals surface area contributed by atoms with Crippen molar-refractivity contribution >= 4 is 28.0 Å². The van der Waals surface area contributed by atoms with Crippen LogP contribution in [0.2, 0.25) is 0 Å². The Kier molecular flexibility index (Phi) is 4.39. The van der Waals surface area contributed by atoms with E-state index in [1.165, 1.54) is 0 Å². The summed E-state index contributed by atoms with van der Waals surface area (Å²) in [7, 11) is -1.36. The second-order valence-corrected chi connectivity index (χ2v) is 7.66. The fourth-order valence-corrected chi connectivity index (χ4v) is 3.35. The van der Waals surface area contributed by atoms with Crippen LogP contribution in [0.4, 0.5) is 0 Å². The molecule has 0 spiro atoms. The van der Waals surface area contributed by atoms with Crippen molar-refractivity contribution in [2.45, 2.75) is 18.6 Å². The average Bonchev–Trinajstić information content (AvgIpc) is 2.60. The van der Waals surface area contributed by atoms with E-state index in [4.69, 9.17) is 0 Å². The summed E-state index contributed by atoms with van der Waals surface area (Å²) in [6.07, 6.45) is 1.73. The highest BCUT2D eigenvalue weighted by molar-refractivity contribution is 7.84. The van der Waals surface area contributed by atoms with Gasteiger partial charge in [0.2, 0.25) is 0 Å². The number of nitrogens with zero attached hydrogens (tertiary/aromatic N) is 1. The zero-order valence-corrected chi connectivity index (χ0v) is 14.1. The molecule has 0 heterocycles. The van der Waals surface area contributed by atoms with Crippen LogP contribution in [-0.4, -0.2) is 10.4 Å². The van der Waals surface area contributed by atoms with Gasteiger partial charge in [0.05, 0.1) is 4.75 Å². The summed E-state index contributed by atoms with van der Waals surface area (Å²) in [5.41, 5.74) is 2.01. The van der Waals surface area contributed by atoms with Crippen molar-refractivity contribution in [3.05, 3.63) is 83.9 Å². The number of benzene rings is 3. The summed E-state index contributed by atoms with van der Waals surface area (Å²) in [6.45, 7) is 3.91. The van der Waals surface area contributed by atoms with Crippen molar-refractivity contribution in [3.63, 3.8) is 0 Å². The van der Waals surface area contributed by atoms with E-state index in [9.17, 15) is 4.21 Å². The van der Waals surface area contributed by atoms with Crippen LogP contribution in [0, 0.1) is 0 Å². The molecule has 0 aliphatic rings. The maximum atomic E-state index is 12.7. The molecule has 0 radical (unpaired) electrons. The van der Waals surface area contributed by atoms with Crippen molar-refractivity contribution < 1.29 is 4.21 Å². The first kappa shape index (κ1) is 15.6. The quantitative estimate of drug-likeness (QED) is 0.631. The lowest BCUT2D eigenvalue weighted by Crippen LogP contribution is -2.22. The minimum absolute atomic E-state index is 0.525. The van der Waals surface area contributed by atoms with Crippen molar-refractivity contribution in [3.8, 4) is 0 Å². The summed E-state index contributed by atoms with van der Waals surface area (Å²) >= 11 is 0. The molecular weight excluding hydrogens is 302 g/mol. The first-order valence-corrected chi connectivity index (χ1v) is 8.69. The van der Waals surface area contributed by atoms with E-state index >= 15 is 0 Å². The first-order chi connectivity index (χ1) is 11.1. The van der Waals surface area contributed by atoms with Crippen LogP contribution in [0.25, 0.3) is 10.8 Å². The van der Waals surface area contributed by atoms with E-state index in [1.807, 2.05) is 68.4 Å². The number of fused-ring (bicyclic) bond motifs is 1. The van der Waals surface area contributed by atoms with Gasteiger partial charge < -0.3 is 0 Å². The van der Waals surface area contributed by atoms with Gasteiger partial charge in [0.15, 0.2) is 0 Å². The molecule has 0 aromatic heterocycles. The lowest BCUT2D eigenvalue weighted by Gasteiger charge is -2.21. The highest BCUT2D eigenvalue weighted by atomic mass is 32.2. The molecule has 0 amide bonds. The largest absolute Gasteiger partial charge is 0.234 e. The highest BCUT2D eigenvalue weighted by Gasteiger charge is 2.27. The molecule has 0 saturated carbocycles. The Balaban J connectivity index is 1.91. The Labute approximate surface area is 139 Å². The van der Waals surface area contributed by atoms with Gasteiger partial charge in [-0.3, -0.25) is 0 Å². The predicted molar refractivity (Wildman–Crippen MR) is 99.2 cm³/mol. The predicted octanol–water partition coefficient (Wildman–Crippen LogP) is 4.86. The van der Waals surface area contributed by atoms with Crippen LogP contribution >= 0.6 is 0 Å². The van der Waals surface area contributed by atoms with Gasteiger partial charge in [-0.15, -0.1) is 0 Å². The maximum absolute atomic E-state index is 12.7. The van der Waals surface area contributed by atoms with E-state index in [-0.39, 0.29) is 0 Å². The van der Waals surface area contributed by atoms with Crippen molar-refractivity contribution in [1.82, 2.24) is 0 Å². The molecular formula is C20H19NOS. The molecule has 3 rings (SSSR count). The molecule has 1 atom stereocenters. The summed E-state index contributed by atoms with van der Waals surface area (Å²) in [6, 6.07) is 24.1. The Morgan fingerprint density at radius 3 is 2.30 bits per heavy atom. The smallest absolute Gasteiger partial charge is 0.149 e. The molecule has 2 nitrogen and oxygen atoms in total. The van der Waals surface area contributed by atoms with Gasteiger partial charge in [-0.05, 0) is 30.2 Å². The van der Waals surface area contributed by atoms with Gasteiger partial charge in [-0.25, -0.2) is 4.21 Å². The van der Waals surface area contributed by atoms with Crippen LogP contribution in [0.5, 0.6) is 0 Å². The highest BCUT2D eigenvalue weighted by Crippen LogP contribution is 2.28. The standard InChI is InChI=1S/C20H19NOS/c1-20(2,18-12-4-3-5-13-18)23(22)21-15-17-11-8-10-16-9-6-7-14-19(16)17/h3-15H,1-2H3/b21-15+/t23-/m1/s1. The van der Waals surface area contributed by atoms with Crippen LogP contribution in [-0.2, 0) is 15.7 Å². The average molecular weight is 321 g/mol. The number of hydrogen-bond acceptors (Lipinski definition) is 1. The Morgan fingerprint density at radius 1 is 0.870 bits per heavy atom. The summed E-state index contributed by atoms with van der Waals surface area (Å²) < 4.78 is 16.5. The van der Waals surface area contributed by atoms with Crippen LogP contribution in [0.1, 0.15) is 25.0 Å². The summed E-state index contributed by atoms with van der Waals surface area (Å²) in [5, 5.41) is 2.28. The van der Waals surface area contributed by atoms with Crippen LogP contribution in [0.15, 0.2) is 77.2 Å². The van der Waals surface area contributed by atoms with Gasteiger partial charge >= 0.3 is 0 Å². The number of rotatable bonds is 4. The van der Waals surface area contributed by atoms with Crippen molar-refractivity contribution in [2.24, 2.45) is 4.40 Å². The molecule has 3 aromatic rings. The van der Waals surface area contributed by atoms with Gasteiger partial charge in [0.25, 0.3) is 0 Å². The monoisotopic (exact) mass is 321 g/mol. The lowest BCUT2D eigenvalue weighted by molar-refractivity contribution is 0.645. The third-order valence-corrected chi connectivity index (χ3v) is 5.42. The molecule has 0 saturated heterocycles. The van der Waals surface area contributed by atoms with Crippen molar-refractivity contribution in [1.29, 1.82) is 0 Å². The van der Waals surface area contributed by atoms with E-state index in [0.29, 0.717) is 0 Å². The zero-order chi connectivity index (χ0) is 16.3. The zero-order valence-electron chi connectivity index (χ0n) is 13.3. The molecule has 0 bridgehead atoms. The molecule has 23 heavy (non-hydrogen) atoms. The summed E-state index contributed by atoms with van der Waals surface area (Å²) in [4.78, 5) is 0. The fraction of sp³-hybridized carbons (Fsp3) is 0.150. The minimum Gasteiger partial charge on any atom is -0.234 e. The topological polar surface area (TPSA) is 29.4 Å². The summed E-state index contributed by atoms with van der Waals surface area (Å²) in [5.74, 6) is 0. The third-order valence-electron chi connectivity index (χ3n) is 4.02. The SMILES string of the molecule is CC(C)(c1ccccc1)[S@@](=O)/N=C/c1cccc2ccccc12. The van der Waals surface area contributed by atoms with Gasteiger partial charge in [0.1, 0.15) is 11.0 Å². The Hall–Kier alpha value is -2.26. The molecule has 3 heteroatoms. The van der Waals surface area contributed by atoms with Gasteiger partial charge in [-0.2, -0.15) is 4.40 Å². The normalized spacial score (nSPS) is 13.5. The van der Waals surface area contributed by atoms with E-state index < -0.39 is 15.7 Å². The number of hydrogen-bond donors (Lipinski definition) is 0. The van der Waals surface area contributed by atoms with Crippen LogP contribution < -0.4 is 0 Å². The Morgan fingerprint density at radius 2 is 1.52 bits per heavy atom. The van der Waals surface area contributed by atoms with Gasteiger partial charge in [0, 0.05) is 11.8 Å². The minimum atomic E-state index is -1.36. The van der Waals surface area contributed by atoms with Crippen molar-refractivity contribution in [2.75, 3.05) is 0 Å². The third kappa shape index (κ3) is 3.25. The van der Waals surface area contributed by atoms with Crippen LogP contribution in [0.3, 0.4) is 0 Å². The first-order valence-electron chi connectivity index (χ1n) is 7.58. The fourth-order valence-electron chi connectivity index (χ4n) is 2.54. The second-order valence-electron chi connectivity index (χ2n) is 5.93. The van der Waals surface area contributed by atoms with E-state index in [0.717, 1.165) is 21.9 Å². The molecule has 116 valence electrons. The maximum Gasteiger partial charge on any atom is 0.149 e. The molecule has 0 aliphatic heterocycles. The second kappa shape index (κ2) is 6.47. The van der Waals surface area contributed by atoms with E-state index in [2.05, 4.69) is 22.6 Å². The Bertz CT molecular complexity index is 864. The molecule has 0 aliphatic carbocycles. The molecule has 0 N–H and O–H groups in total. The molecule has 3 aromatic carbocycles. The van der Waals surface area contributed by atoms with Gasteiger partial charge in [-0.1, -0.05) is 72.8 Å². The molecule has 0 fully saturated rings.